The van der Waals surface area contributed by atoms with Crippen LogP contribution in [-0.4, -0.2) is 21.2 Å². The van der Waals surface area contributed by atoms with E-state index in [0.717, 1.165) is 6.08 Å². The Hall–Kier alpha value is -0.520. The van der Waals surface area contributed by atoms with Crippen molar-refractivity contribution in [2.24, 2.45) is 0 Å². The molecule has 0 bridgehead atoms. The van der Waals surface area contributed by atoms with Gasteiger partial charge in [-0.2, -0.15) is 4.21 Å². The predicted molar refractivity (Wildman–Crippen MR) is 36.5 cm³/mol. The van der Waals surface area contributed by atoms with Crippen LogP contribution in [0.1, 0.15) is 6.42 Å². The number of rotatable bonds is 5. The van der Waals surface area contributed by atoms with E-state index in [0.29, 0.717) is 0 Å². The van der Waals surface area contributed by atoms with Crippen LogP contribution in [0.25, 0.3) is 0 Å². The van der Waals surface area contributed by atoms with Gasteiger partial charge in [-0.1, -0.05) is 6.58 Å². The van der Waals surface area contributed by atoms with Crippen LogP contribution >= 0.6 is 0 Å². The van der Waals surface area contributed by atoms with Crippen molar-refractivity contribution in [3.05, 3.63) is 12.7 Å². The van der Waals surface area contributed by atoms with Gasteiger partial charge in [0.2, 0.25) is 0 Å². The summed E-state index contributed by atoms with van der Waals surface area (Å²) < 4.78 is 22.0. The van der Waals surface area contributed by atoms with Crippen LogP contribution in [0.5, 0.6) is 0 Å². The summed E-state index contributed by atoms with van der Waals surface area (Å²) in [7, 11) is 0. The molecule has 0 aliphatic rings. The average molecular weight is 164 g/mol. The summed E-state index contributed by atoms with van der Waals surface area (Å²) in [5.41, 5.74) is 0. The minimum Gasteiger partial charge on any atom is -0.295 e. The molecule has 58 valence electrons. The molecule has 0 spiro atoms. The number of hydrogen-bond donors (Lipinski definition) is 1. The van der Waals surface area contributed by atoms with Crippen LogP contribution < -0.4 is 0 Å². The van der Waals surface area contributed by atoms with Gasteiger partial charge in [-0.25, -0.2) is 0 Å². The topological polar surface area (TPSA) is 63.6 Å². The van der Waals surface area contributed by atoms with Crippen LogP contribution in [0.4, 0.5) is 0 Å². The molecule has 10 heavy (non-hydrogen) atoms. The van der Waals surface area contributed by atoms with Gasteiger partial charge in [0.1, 0.15) is 0 Å². The first-order valence-electron chi connectivity index (χ1n) is 2.56. The third-order valence-corrected chi connectivity index (χ3v) is 1.13. The van der Waals surface area contributed by atoms with Crippen LogP contribution in [-0.2, 0) is 20.3 Å². The Balaban J connectivity index is 3.28. The van der Waals surface area contributed by atoms with Crippen LogP contribution in [0, 0.1) is 0 Å². The molecule has 0 amide bonds. The first-order chi connectivity index (χ1) is 4.66. The van der Waals surface area contributed by atoms with E-state index in [2.05, 4.69) is 10.8 Å². The van der Waals surface area contributed by atoms with Crippen molar-refractivity contribution in [2.75, 3.05) is 6.61 Å². The van der Waals surface area contributed by atoms with Crippen molar-refractivity contribution in [1.82, 2.24) is 0 Å². The highest BCUT2D eigenvalue weighted by molar-refractivity contribution is 7.74. The number of carbonyl (C=O) groups is 1. The van der Waals surface area contributed by atoms with E-state index in [9.17, 15) is 9.00 Å². The molecule has 0 aliphatic heterocycles. The zero-order chi connectivity index (χ0) is 7.98. The second-order valence-electron chi connectivity index (χ2n) is 1.46. The standard InChI is InChI=1S/C5H8O4S/c1-2-5(6)3-4-9-10(7)8/h2H,1,3-4H2,(H,7,8). The molecule has 0 aromatic rings. The van der Waals surface area contributed by atoms with Crippen LogP contribution in [0.15, 0.2) is 12.7 Å². The molecular formula is C5H8O4S. The second kappa shape index (κ2) is 5.28. The van der Waals surface area contributed by atoms with Gasteiger partial charge in [-0.05, 0) is 6.08 Å². The summed E-state index contributed by atoms with van der Waals surface area (Å²) >= 11 is -2.27. The molecule has 0 aromatic heterocycles. The van der Waals surface area contributed by atoms with Crippen LogP contribution in [0.2, 0.25) is 0 Å². The van der Waals surface area contributed by atoms with Gasteiger partial charge in [-0.3, -0.25) is 13.5 Å². The largest absolute Gasteiger partial charge is 0.301 e. The van der Waals surface area contributed by atoms with E-state index in [1.165, 1.54) is 0 Å². The summed E-state index contributed by atoms with van der Waals surface area (Å²) in [6, 6.07) is 0. The Morgan fingerprint density at radius 2 is 2.40 bits per heavy atom. The third-order valence-electron chi connectivity index (χ3n) is 0.760. The molecular weight excluding hydrogens is 156 g/mol. The maximum atomic E-state index is 10.4. The van der Waals surface area contributed by atoms with Crippen molar-refractivity contribution >= 4 is 17.1 Å². The number of carbonyl (C=O) groups excluding carboxylic acids is 1. The minimum absolute atomic E-state index is 0.0477. The molecule has 0 saturated carbocycles. The van der Waals surface area contributed by atoms with Gasteiger partial charge in [0.25, 0.3) is 0 Å². The van der Waals surface area contributed by atoms with E-state index in [1.54, 1.807) is 0 Å². The van der Waals surface area contributed by atoms with E-state index >= 15 is 0 Å². The number of ketones is 1. The predicted octanol–water partition coefficient (Wildman–Crippen LogP) is 0.285. The van der Waals surface area contributed by atoms with E-state index < -0.39 is 11.4 Å². The third kappa shape index (κ3) is 5.61. The molecule has 0 aromatic carbocycles. The normalized spacial score (nSPS) is 12.5. The Kier molecular flexibility index (Phi) is 5.00. The molecule has 0 rings (SSSR count). The molecule has 5 heteroatoms. The minimum atomic E-state index is -2.27. The Labute approximate surface area is 61.4 Å². The number of hydrogen-bond acceptors (Lipinski definition) is 3. The second-order valence-corrected chi connectivity index (χ2v) is 2.13. The Bertz CT molecular complexity index is 154. The molecule has 0 aliphatic carbocycles. The lowest BCUT2D eigenvalue weighted by molar-refractivity contribution is -0.115. The molecule has 0 fully saturated rings. The molecule has 1 unspecified atom stereocenters. The van der Waals surface area contributed by atoms with Crippen molar-refractivity contribution in [1.29, 1.82) is 0 Å². The highest BCUT2D eigenvalue weighted by atomic mass is 32.2. The average Bonchev–Trinajstić information content (AvgIpc) is 1.87. The number of allylic oxidation sites excluding steroid dienone is 1. The summed E-state index contributed by atoms with van der Waals surface area (Å²) in [6.45, 7) is 3.17. The highest BCUT2D eigenvalue weighted by Crippen LogP contribution is 1.87. The lowest BCUT2D eigenvalue weighted by atomic mass is 10.3. The lowest BCUT2D eigenvalue weighted by Gasteiger charge is -1.93. The fraction of sp³-hybridized carbons (Fsp3) is 0.400. The van der Waals surface area contributed by atoms with Gasteiger partial charge < -0.3 is 0 Å². The fourth-order valence-electron chi connectivity index (χ4n) is 0.316. The summed E-state index contributed by atoms with van der Waals surface area (Å²) in [5, 5.41) is 0. The maximum absolute atomic E-state index is 10.4. The lowest BCUT2D eigenvalue weighted by Crippen LogP contribution is -2.02. The molecule has 4 nitrogen and oxygen atoms in total. The first-order valence-corrected chi connectivity index (χ1v) is 3.59. The summed E-state index contributed by atoms with van der Waals surface area (Å²) in [4.78, 5) is 10.4. The van der Waals surface area contributed by atoms with Gasteiger partial charge in [0, 0.05) is 6.42 Å². The zero-order valence-electron chi connectivity index (χ0n) is 5.28. The van der Waals surface area contributed by atoms with E-state index in [1.807, 2.05) is 0 Å². The van der Waals surface area contributed by atoms with Crippen molar-refractivity contribution in [2.45, 2.75) is 6.42 Å². The molecule has 0 heterocycles. The molecule has 1 N–H and O–H groups in total. The highest BCUT2D eigenvalue weighted by Gasteiger charge is 1.97. The Morgan fingerprint density at radius 3 is 2.80 bits per heavy atom. The summed E-state index contributed by atoms with van der Waals surface area (Å²) in [5.74, 6) is -0.203. The van der Waals surface area contributed by atoms with E-state index in [4.69, 9.17) is 4.55 Å². The van der Waals surface area contributed by atoms with Crippen molar-refractivity contribution in [3.8, 4) is 0 Å². The summed E-state index contributed by atoms with van der Waals surface area (Å²) in [6.07, 6.45) is 1.24. The van der Waals surface area contributed by atoms with Gasteiger partial charge >= 0.3 is 11.4 Å². The first kappa shape index (κ1) is 9.48. The van der Waals surface area contributed by atoms with Gasteiger partial charge in [-0.15, -0.1) is 0 Å². The van der Waals surface area contributed by atoms with E-state index in [-0.39, 0.29) is 18.8 Å². The zero-order valence-corrected chi connectivity index (χ0v) is 6.10. The van der Waals surface area contributed by atoms with Crippen molar-refractivity contribution in [3.63, 3.8) is 0 Å². The van der Waals surface area contributed by atoms with Crippen LogP contribution in [0.3, 0.4) is 0 Å². The monoisotopic (exact) mass is 164 g/mol. The SMILES string of the molecule is C=CC(=O)CCOS(=O)O. The smallest absolute Gasteiger partial charge is 0.295 e. The van der Waals surface area contributed by atoms with Gasteiger partial charge in [0.15, 0.2) is 5.78 Å². The fourth-order valence-corrected chi connectivity index (χ4v) is 0.542. The quantitative estimate of drug-likeness (QED) is 0.468. The maximum Gasteiger partial charge on any atom is 0.301 e. The molecule has 0 radical (unpaired) electrons. The molecule has 1 atom stereocenters. The van der Waals surface area contributed by atoms with Gasteiger partial charge in [0.05, 0.1) is 6.61 Å². The molecule has 0 saturated heterocycles. The van der Waals surface area contributed by atoms with Crippen molar-refractivity contribution < 1.29 is 17.7 Å². The Morgan fingerprint density at radius 1 is 1.80 bits per heavy atom.